The summed E-state index contributed by atoms with van der Waals surface area (Å²) in [6.45, 7) is 0.394. The fourth-order valence-electron chi connectivity index (χ4n) is 3.35. The van der Waals surface area contributed by atoms with Gasteiger partial charge in [-0.3, -0.25) is 4.79 Å². The van der Waals surface area contributed by atoms with Crippen LogP contribution in [0, 0.1) is 0 Å². The first-order valence-electron chi connectivity index (χ1n) is 9.55. The van der Waals surface area contributed by atoms with E-state index in [-0.39, 0.29) is 41.9 Å². The molecule has 1 aromatic heterocycles. The maximum absolute atomic E-state index is 12.7. The Morgan fingerprint density at radius 3 is 2.29 bits per heavy atom. The van der Waals surface area contributed by atoms with Crippen LogP contribution in [0.25, 0.3) is 10.1 Å². The van der Waals surface area contributed by atoms with Crippen LogP contribution in [0.15, 0.2) is 59.5 Å². The molecule has 162 valence electrons. The van der Waals surface area contributed by atoms with E-state index in [1.807, 2.05) is 24.3 Å². The molecule has 1 amide bonds. The van der Waals surface area contributed by atoms with Gasteiger partial charge in [-0.15, -0.1) is 11.3 Å². The zero-order valence-electron chi connectivity index (χ0n) is 16.4. The van der Waals surface area contributed by atoms with Crippen LogP contribution in [0.4, 0.5) is 0 Å². The number of piperazine rings is 1. The van der Waals surface area contributed by atoms with Crippen LogP contribution in [0.3, 0.4) is 0 Å². The van der Waals surface area contributed by atoms with Crippen LogP contribution in [0.1, 0.15) is 9.67 Å². The van der Waals surface area contributed by atoms with Crippen LogP contribution in [0.5, 0.6) is 0 Å². The second-order valence-electron chi connectivity index (χ2n) is 6.92. The maximum atomic E-state index is 12.7. The highest BCUT2D eigenvalue weighted by Crippen LogP contribution is 2.35. The minimum absolute atomic E-state index is 0.180. The van der Waals surface area contributed by atoms with E-state index in [1.54, 1.807) is 30.3 Å². The second-order valence-corrected chi connectivity index (χ2v) is 10.3. The van der Waals surface area contributed by atoms with Gasteiger partial charge in [0.1, 0.15) is 4.88 Å². The molecule has 2 aromatic carbocycles. The molecule has 0 saturated carbocycles. The van der Waals surface area contributed by atoms with Crippen LogP contribution in [0.2, 0.25) is 5.02 Å². The molecule has 3 aromatic rings. The molecule has 0 radical (unpaired) electrons. The van der Waals surface area contributed by atoms with Crippen LogP contribution in [-0.2, 0) is 19.6 Å². The van der Waals surface area contributed by atoms with Gasteiger partial charge in [0, 0.05) is 36.3 Å². The summed E-state index contributed by atoms with van der Waals surface area (Å²) in [6.07, 6.45) is 0. The molecule has 1 aliphatic rings. The Labute approximate surface area is 188 Å². The number of benzene rings is 2. The van der Waals surface area contributed by atoms with Gasteiger partial charge in [-0.1, -0.05) is 48.0 Å². The Balaban J connectivity index is 1.33. The molecule has 0 N–H and O–H groups in total. The van der Waals surface area contributed by atoms with Gasteiger partial charge >= 0.3 is 5.97 Å². The van der Waals surface area contributed by atoms with Gasteiger partial charge in [0.2, 0.25) is 10.0 Å². The van der Waals surface area contributed by atoms with E-state index < -0.39 is 22.6 Å². The van der Waals surface area contributed by atoms with Crippen LogP contribution < -0.4 is 0 Å². The van der Waals surface area contributed by atoms with Crippen molar-refractivity contribution in [2.24, 2.45) is 0 Å². The quantitative estimate of drug-likeness (QED) is 0.525. The number of thiophene rings is 1. The van der Waals surface area contributed by atoms with Crippen LogP contribution in [-0.4, -0.2) is 62.3 Å². The summed E-state index contributed by atoms with van der Waals surface area (Å²) in [7, 11) is -3.59. The van der Waals surface area contributed by atoms with E-state index in [1.165, 1.54) is 20.5 Å². The van der Waals surface area contributed by atoms with Crippen LogP contribution >= 0.6 is 22.9 Å². The minimum Gasteiger partial charge on any atom is -0.451 e. The molecular weight excluding hydrogens is 460 g/mol. The average Bonchev–Trinajstić information content (AvgIpc) is 3.14. The predicted molar refractivity (Wildman–Crippen MR) is 119 cm³/mol. The lowest BCUT2D eigenvalue weighted by atomic mass is 10.2. The predicted octanol–water partition coefficient (Wildman–Crippen LogP) is 3.24. The van der Waals surface area contributed by atoms with E-state index in [0.29, 0.717) is 5.02 Å². The molecule has 31 heavy (non-hydrogen) atoms. The number of amides is 1. The summed E-state index contributed by atoms with van der Waals surface area (Å²) in [5, 5.41) is 1.08. The number of esters is 1. The molecule has 10 heteroatoms. The molecule has 7 nitrogen and oxygen atoms in total. The van der Waals surface area contributed by atoms with Crippen molar-refractivity contribution < 1.29 is 22.7 Å². The summed E-state index contributed by atoms with van der Waals surface area (Å²) in [5.74, 6) is -1.02. The number of fused-ring (bicyclic) bond motifs is 1. The Hall–Kier alpha value is -2.46. The molecule has 0 bridgehead atoms. The Kier molecular flexibility index (Phi) is 6.29. The van der Waals surface area contributed by atoms with Crippen molar-refractivity contribution in [3.8, 4) is 0 Å². The molecule has 1 aliphatic heterocycles. The largest absolute Gasteiger partial charge is 0.451 e. The number of hydrogen-bond acceptors (Lipinski definition) is 6. The third-order valence-corrected chi connectivity index (χ3v) is 8.59. The highest BCUT2D eigenvalue weighted by molar-refractivity contribution is 7.89. The Morgan fingerprint density at radius 1 is 0.968 bits per heavy atom. The van der Waals surface area contributed by atoms with Gasteiger partial charge in [0.15, 0.2) is 6.61 Å². The fourth-order valence-corrected chi connectivity index (χ4v) is 6.19. The third-order valence-electron chi connectivity index (χ3n) is 5.02. The van der Waals surface area contributed by atoms with Gasteiger partial charge in [-0.25, -0.2) is 13.2 Å². The zero-order chi connectivity index (χ0) is 22.0. The maximum Gasteiger partial charge on any atom is 0.350 e. The minimum atomic E-state index is -3.59. The SMILES string of the molecule is O=C(OCC(=O)N1CCN(S(=O)(=O)c2ccccc2)CC1)c1sc2ccccc2c1Cl. The van der Waals surface area contributed by atoms with Gasteiger partial charge in [0.25, 0.3) is 5.91 Å². The van der Waals surface area contributed by atoms with E-state index >= 15 is 0 Å². The first-order valence-corrected chi connectivity index (χ1v) is 12.2. The number of sulfonamides is 1. The van der Waals surface area contributed by atoms with Gasteiger partial charge in [-0.2, -0.15) is 4.31 Å². The molecule has 2 heterocycles. The van der Waals surface area contributed by atoms with Crippen molar-refractivity contribution in [2.75, 3.05) is 32.8 Å². The van der Waals surface area contributed by atoms with Crippen molar-refractivity contribution in [1.29, 1.82) is 0 Å². The topological polar surface area (TPSA) is 84.0 Å². The lowest BCUT2D eigenvalue weighted by molar-refractivity contribution is -0.135. The summed E-state index contributed by atoms with van der Waals surface area (Å²) in [5.41, 5.74) is 0. The molecule has 0 atom stereocenters. The molecule has 1 fully saturated rings. The average molecular weight is 479 g/mol. The molecule has 0 aliphatic carbocycles. The fraction of sp³-hybridized carbons (Fsp3) is 0.238. The van der Waals surface area contributed by atoms with Gasteiger partial charge < -0.3 is 9.64 Å². The lowest BCUT2D eigenvalue weighted by Gasteiger charge is -2.33. The summed E-state index contributed by atoms with van der Waals surface area (Å²) in [4.78, 5) is 26.9. The number of ether oxygens (including phenoxy) is 1. The van der Waals surface area contributed by atoms with Gasteiger partial charge in [0.05, 0.1) is 9.92 Å². The van der Waals surface area contributed by atoms with Crippen molar-refractivity contribution in [3.63, 3.8) is 0 Å². The third kappa shape index (κ3) is 4.45. The number of carbonyl (C=O) groups excluding carboxylic acids is 2. The lowest BCUT2D eigenvalue weighted by Crippen LogP contribution is -2.51. The van der Waals surface area contributed by atoms with Crippen molar-refractivity contribution in [1.82, 2.24) is 9.21 Å². The summed E-state index contributed by atoms with van der Waals surface area (Å²) >= 11 is 7.49. The molecular formula is C21H19ClN2O5S2. The van der Waals surface area contributed by atoms with Crippen molar-refractivity contribution in [3.05, 3.63) is 64.5 Å². The first kappa shape index (κ1) is 21.8. The Bertz CT molecular complexity index is 1220. The van der Waals surface area contributed by atoms with E-state index in [0.717, 1.165) is 10.1 Å². The van der Waals surface area contributed by atoms with Crippen molar-refractivity contribution >= 4 is 54.9 Å². The van der Waals surface area contributed by atoms with Crippen molar-refractivity contribution in [2.45, 2.75) is 4.90 Å². The normalized spacial score (nSPS) is 15.2. The summed E-state index contributed by atoms with van der Waals surface area (Å²) < 4.78 is 32.8. The van der Waals surface area contributed by atoms with Gasteiger partial charge in [-0.05, 0) is 18.2 Å². The number of halogens is 1. The molecule has 4 rings (SSSR count). The number of hydrogen-bond donors (Lipinski definition) is 0. The second kappa shape index (κ2) is 8.96. The summed E-state index contributed by atoms with van der Waals surface area (Å²) in [6, 6.07) is 15.5. The number of nitrogens with zero attached hydrogens (tertiary/aromatic N) is 2. The molecule has 1 saturated heterocycles. The zero-order valence-corrected chi connectivity index (χ0v) is 18.8. The van der Waals surface area contributed by atoms with E-state index in [4.69, 9.17) is 16.3 Å². The molecule has 0 unspecified atom stereocenters. The Morgan fingerprint density at radius 2 is 1.61 bits per heavy atom. The number of rotatable bonds is 5. The standard InChI is InChI=1S/C21H19ClN2O5S2/c22-19-16-8-4-5-9-17(16)30-20(19)21(26)29-14-18(25)23-10-12-24(13-11-23)31(27,28)15-6-2-1-3-7-15/h1-9H,10-14H2. The van der Waals surface area contributed by atoms with E-state index in [2.05, 4.69) is 0 Å². The highest BCUT2D eigenvalue weighted by atomic mass is 35.5. The monoisotopic (exact) mass is 478 g/mol. The molecule has 0 spiro atoms. The first-order chi connectivity index (χ1) is 14.9. The smallest absolute Gasteiger partial charge is 0.350 e. The van der Waals surface area contributed by atoms with E-state index in [9.17, 15) is 18.0 Å². The number of carbonyl (C=O) groups is 2. The highest BCUT2D eigenvalue weighted by Gasteiger charge is 2.30.